The van der Waals surface area contributed by atoms with Gasteiger partial charge in [-0.3, -0.25) is 0 Å². The summed E-state index contributed by atoms with van der Waals surface area (Å²) < 4.78 is 0. The third-order valence-electron chi connectivity index (χ3n) is 10.3. The summed E-state index contributed by atoms with van der Waals surface area (Å²) in [5.74, 6) is 6.61. The van der Waals surface area contributed by atoms with Gasteiger partial charge in [0, 0.05) is 0 Å². The highest BCUT2D eigenvalue weighted by Crippen LogP contribution is 2.40. The normalized spacial score (nSPS) is 34.8. The van der Waals surface area contributed by atoms with Gasteiger partial charge >= 0.3 is 0 Å². The Labute approximate surface area is 189 Å². The summed E-state index contributed by atoms with van der Waals surface area (Å²) in [4.78, 5) is 0. The SMILES string of the molecule is C1CCC(CCC2CCC(CCC3CCC(CCC4CCCCC4)CC3)CC2)CC1. The Morgan fingerprint density at radius 3 is 0.667 bits per heavy atom. The minimum absolute atomic E-state index is 1.10. The van der Waals surface area contributed by atoms with Crippen LogP contribution in [0.2, 0.25) is 0 Å². The summed E-state index contributed by atoms with van der Waals surface area (Å²) in [7, 11) is 0. The Hall–Kier alpha value is 0. The summed E-state index contributed by atoms with van der Waals surface area (Å²) in [6, 6.07) is 0. The van der Waals surface area contributed by atoms with Gasteiger partial charge in [-0.15, -0.1) is 0 Å². The lowest BCUT2D eigenvalue weighted by atomic mass is 9.73. The van der Waals surface area contributed by atoms with E-state index in [0.717, 1.165) is 35.5 Å². The lowest BCUT2D eigenvalue weighted by molar-refractivity contribution is 0.196. The molecule has 174 valence electrons. The van der Waals surface area contributed by atoms with Crippen LogP contribution in [0.25, 0.3) is 0 Å². The van der Waals surface area contributed by atoms with Crippen LogP contribution in [0.3, 0.4) is 0 Å². The van der Waals surface area contributed by atoms with Crippen molar-refractivity contribution in [2.24, 2.45) is 35.5 Å². The van der Waals surface area contributed by atoms with Crippen LogP contribution in [0.1, 0.15) is 154 Å². The van der Waals surface area contributed by atoms with Crippen molar-refractivity contribution >= 4 is 0 Å². The standard InChI is InChI=1S/C30H54/c1-3-7-25(8-4-1)11-13-27-15-19-29(20-16-27)23-24-30-21-17-28(18-22-30)14-12-26-9-5-2-6-10-26/h25-30H,1-24H2. The third kappa shape index (κ3) is 7.85. The molecule has 0 aromatic heterocycles. The average Bonchev–Trinajstić information content (AvgIpc) is 2.83. The van der Waals surface area contributed by atoms with Crippen molar-refractivity contribution in [2.45, 2.75) is 154 Å². The molecule has 0 atom stereocenters. The van der Waals surface area contributed by atoms with Crippen molar-refractivity contribution in [2.75, 3.05) is 0 Å². The first-order valence-electron chi connectivity index (χ1n) is 14.8. The monoisotopic (exact) mass is 414 g/mol. The Morgan fingerprint density at radius 1 is 0.233 bits per heavy atom. The molecule has 0 spiro atoms. The zero-order chi connectivity index (χ0) is 20.4. The zero-order valence-corrected chi connectivity index (χ0v) is 20.4. The van der Waals surface area contributed by atoms with Crippen LogP contribution < -0.4 is 0 Å². The van der Waals surface area contributed by atoms with E-state index in [4.69, 9.17) is 0 Å². The van der Waals surface area contributed by atoms with Crippen molar-refractivity contribution in [3.8, 4) is 0 Å². The molecule has 4 rings (SSSR count). The maximum atomic E-state index is 1.58. The molecule has 0 nitrogen and oxygen atoms in total. The van der Waals surface area contributed by atoms with Crippen molar-refractivity contribution in [1.29, 1.82) is 0 Å². The molecule has 4 aliphatic carbocycles. The van der Waals surface area contributed by atoms with Crippen LogP contribution in [-0.2, 0) is 0 Å². The van der Waals surface area contributed by atoms with Crippen LogP contribution in [0.4, 0.5) is 0 Å². The molecule has 4 fully saturated rings. The predicted octanol–water partition coefficient (Wildman–Crippen LogP) is 10.1. The largest absolute Gasteiger partial charge is 0.0533 e. The van der Waals surface area contributed by atoms with E-state index < -0.39 is 0 Å². The molecule has 0 heterocycles. The highest BCUT2D eigenvalue weighted by atomic mass is 14.3. The first kappa shape index (κ1) is 23.2. The van der Waals surface area contributed by atoms with Gasteiger partial charge in [0.2, 0.25) is 0 Å². The molecule has 0 heteroatoms. The molecular weight excluding hydrogens is 360 g/mol. The van der Waals surface area contributed by atoms with E-state index in [0.29, 0.717) is 0 Å². The minimum atomic E-state index is 1.10. The number of hydrogen-bond acceptors (Lipinski definition) is 0. The smallest absolute Gasteiger partial charge is 0.0414 e. The second kappa shape index (κ2) is 12.9. The van der Waals surface area contributed by atoms with Crippen molar-refractivity contribution in [1.82, 2.24) is 0 Å². The lowest BCUT2D eigenvalue weighted by Gasteiger charge is -2.33. The first-order chi connectivity index (χ1) is 14.8. The Bertz CT molecular complexity index is 383. The second-order valence-electron chi connectivity index (χ2n) is 12.5. The number of hydrogen-bond donors (Lipinski definition) is 0. The van der Waals surface area contributed by atoms with Gasteiger partial charge < -0.3 is 0 Å². The van der Waals surface area contributed by atoms with Crippen LogP contribution in [0, 0.1) is 35.5 Å². The summed E-state index contributed by atoms with van der Waals surface area (Å²) in [5.41, 5.74) is 0. The molecular formula is C30H54. The molecule has 4 saturated carbocycles. The highest BCUT2D eigenvalue weighted by molar-refractivity contribution is 4.78. The maximum absolute atomic E-state index is 1.58. The highest BCUT2D eigenvalue weighted by Gasteiger charge is 2.26. The van der Waals surface area contributed by atoms with Crippen molar-refractivity contribution in [3.63, 3.8) is 0 Å². The van der Waals surface area contributed by atoms with Gasteiger partial charge in [-0.1, -0.05) is 154 Å². The fraction of sp³-hybridized carbons (Fsp3) is 1.00. The van der Waals surface area contributed by atoms with E-state index >= 15 is 0 Å². The van der Waals surface area contributed by atoms with E-state index in [9.17, 15) is 0 Å². The van der Waals surface area contributed by atoms with Gasteiger partial charge in [0.25, 0.3) is 0 Å². The molecule has 0 amide bonds. The Balaban J connectivity index is 1.02. The Morgan fingerprint density at radius 2 is 0.433 bits per heavy atom. The number of rotatable bonds is 9. The fourth-order valence-corrected chi connectivity index (χ4v) is 7.98. The van der Waals surface area contributed by atoms with Gasteiger partial charge in [-0.05, 0) is 35.5 Å². The van der Waals surface area contributed by atoms with Crippen LogP contribution >= 0.6 is 0 Å². The van der Waals surface area contributed by atoms with E-state index in [1.165, 1.54) is 38.5 Å². The molecule has 0 N–H and O–H groups in total. The first-order valence-corrected chi connectivity index (χ1v) is 14.8. The molecule has 0 aliphatic heterocycles. The van der Waals surface area contributed by atoms with Gasteiger partial charge in [-0.25, -0.2) is 0 Å². The Kier molecular flexibility index (Phi) is 9.95. The van der Waals surface area contributed by atoms with Crippen LogP contribution in [-0.4, -0.2) is 0 Å². The average molecular weight is 415 g/mol. The predicted molar refractivity (Wildman–Crippen MR) is 132 cm³/mol. The zero-order valence-electron chi connectivity index (χ0n) is 20.4. The molecule has 30 heavy (non-hydrogen) atoms. The minimum Gasteiger partial charge on any atom is -0.0533 e. The molecule has 0 unspecified atom stereocenters. The third-order valence-corrected chi connectivity index (χ3v) is 10.3. The van der Waals surface area contributed by atoms with Gasteiger partial charge in [0.05, 0.1) is 0 Å². The molecule has 0 aromatic carbocycles. The lowest BCUT2D eigenvalue weighted by Crippen LogP contribution is -2.19. The van der Waals surface area contributed by atoms with Gasteiger partial charge in [0.15, 0.2) is 0 Å². The fourth-order valence-electron chi connectivity index (χ4n) is 7.98. The summed E-state index contributed by atoms with van der Waals surface area (Å²) >= 11 is 0. The van der Waals surface area contributed by atoms with Crippen LogP contribution in [0.15, 0.2) is 0 Å². The van der Waals surface area contributed by atoms with Gasteiger partial charge in [0.1, 0.15) is 0 Å². The maximum Gasteiger partial charge on any atom is -0.0414 e. The van der Waals surface area contributed by atoms with Crippen LogP contribution in [0.5, 0.6) is 0 Å². The second-order valence-corrected chi connectivity index (χ2v) is 12.5. The molecule has 0 aromatic rings. The van der Waals surface area contributed by atoms with Crippen molar-refractivity contribution < 1.29 is 0 Å². The van der Waals surface area contributed by atoms with E-state index in [2.05, 4.69) is 0 Å². The van der Waals surface area contributed by atoms with Gasteiger partial charge in [-0.2, -0.15) is 0 Å². The quantitative estimate of drug-likeness (QED) is 0.352. The van der Waals surface area contributed by atoms with E-state index in [1.54, 1.807) is 116 Å². The molecule has 0 radical (unpaired) electrons. The topological polar surface area (TPSA) is 0 Å². The summed E-state index contributed by atoms with van der Waals surface area (Å²) in [6.45, 7) is 0. The van der Waals surface area contributed by atoms with E-state index in [1.807, 2.05) is 0 Å². The van der Waals surface area contributed by atoms with Crippen molar-refractivity contribution in [3.05, 3.63) is 0 Å². The molecule has 0 saturated heterocycles. The molecule has 4 aliphatic rings. The summed E-state index contributed by atoms with van der Waals surface area (Å²) in [6.07, 6.45) is 37.4. The summed E-state index contributed by atoms with van der Waals surface area (Å²) in [5, 5.41) is 0. The molecule has 0 bridgehead atoms. The van der Waals surface area contributed by atoms with E-state index in [-0.39, 0.29) is 0 Å².